The molecule has 2 heterocycles. The van der Waals surface area contributed by atoms with Crippen molar-refractivity contribution in [2.75, 3.05) is 4.90 Å². The van der Waals surface area contributed by atoms with E-state index in [-0.39, 0.29) is 0 Å². The molecule has 0 amide bonds. The summed E-state index contributed by atoms with van der Waals surface area (Å²) in [5, 5.41) is 2.34. The fourth-order valence-electron chi connectivity index (χ4n) is 6.91. The van der Waals surface area contributed by atoms with Gasteiger partial charge in [0, 0.05) is 40.2 Å². The van der Waals surface area contributed by atoms with Crippen molar-refractivity contribution in [1.29, 1.82) is 0 Å². The highest BCUT2D eigenvalue weighted by Gasteiger charge is 2.17. The van der Waals surface area contributed by atoms with Crippen molar-refractivity contribution in [2.24, 2.45) is 0 Å². The van der Waals surface area contributed by atoms with Gasteiger partial charge in [0.1, 0.15) is 0 Å². The summed E-state index contributed by atoms with van der Waals surface area (Å²) in [6.07, 6.45) is 3.58. The first-order valence-corrected chi connectivity index (χ1v) is 16.8. The molecule has 0 bridgehead atoms. The van der Waals surface area contributed by atoms with Crippen LogP contribution >= 0.6 is 0 Å². The van der Waals surface area contributed by atoms with Gasteiger partial charge in [0.25, 0.3) is 0 Å². The highest BCUT2D eigenvalue weighted by Crippen LogP contribution is 2.39. The predicted molar refractivity (Wildman–Crippen MR) is 207 cm³/mol. The molecule has 0 aliphatic rings. The Morgan fingerprint density at radius 3 is 1.48 bits per heavy atom. The van der Waals surface area contributed by atoms with Gasteiger partial charge in [0.2, 0.25) is 5.95 Å². The highest BCUT2D eigenvalue weighted by molar-refractivity contribution is 6.10. The van der Waals surface area contributed by atoms with Crippen molar-refractivity contribution in [3.05, 3.63) is 194 Å². The molecule has 4 nitrogen and oxygen atoms in total. The molecule has 4 heteroatoms. The molecule has 0 aliphatic carbocycles. The monoisotopic (exact) mass is 640 g/mol. The summed E-state index contributed by atoms with van der Waals surface area (Å²) in [6, 6.07) is 64.6. The van der Waals surface area contributed by atoms with Gasteiger partial charge in [0.05, 0.1) is 11.0 Å². The minimum atomic E-state index is 0.667. The van der Waals surface area contributed by atoms with E-state index < -0.39 is 0 Å². The second kappa shape index (κ2) is 12.7. The number of anilines is 3. The van der Waals surface area contributed by atoms with Gasteiger partial charge in [-0.1, -0.05) is 121 Å². The molecule has 0 fully saturated rings. The van der Waals surface area contributed by atoms with Gasteiger partial charge in [0.15, 0.2) is 0 Å². The van der Waals surface area contributed by atoms with Crippen LogP contribution < -0.4 is 4.90 Å². The summed E-state index contributed by atoms with van der Waals surface area (Å²) in [4.78, 5) is 11.5. The Bertz CT molecular complexity index is 2480. The zero-order chi connectivity index (χ0) is 33.3. The predicted octanol–water partition coefficient (Wildman–Crippen LogP) is 12.0. The first-order chi connectivity index (χ1) is 24.8. The maximum atomic E-state index is 4.58. The molecule has 0 spiro atoms. The van der Waals surface area contributed by atoms with E-state index in [1.54, 1.807) is 12.4 Å². The second-order valence-corrected chi connectivity index (χ2v) is 12.3. The SMILES string of the molecule is c1ccc(-c2ccc(N(c3ccc(-c4ccccc4)cc3)c3cccc(-c4ccc5c(c4)c4ccccc4n5-c4ncccn4)c3)cc2)cc1. The van der Waals surface area contributed by atoms with Crippen molar-refractivity contribution in [3.8, 4) is 39.3 Å². The number of nitrogens with zero attached hydrogens (tertiary/aromatic N) is 4. The molecule has 7 aromatic carbocycles. The number of benzene rings is 7. The molecule has 9 aromatic rings. The fraction of sp³-hybridized carbons (Fsp3) is 0. The largest absolute Gasteiger partial charge is 0.310 e. The van der Waals surface area contributed by atoms with Crippen LogP contribution in [0.4, 0.5) is 17.1 Å². The van der Waals surface area contributed by atoms with E-state index in [0.29, 0.717) is 5.95 Å². The summed E-state index contributed by atoms with van der Waals surface area (Å²) < 4.78 is 2.14. The average Bonchev–Trinajstić information content (AvgIpc) is 3.53. The van der Waals surface area contributed by atoms with Crippen LogP contribution in [0.25, 0.3) is 61.1 Å². The normalized spacial score (nSPS) is 11.2. The summed E-state index contributed by atoms with van der Waals surface area (Å²) in [5.74, 6) is 0.667. The maximum Gasteiger partial charge on any atom is 0.234 e. The van der Waals surface area contributed by atoms with E-state index in [0.717, 1.165) is 39.2 Å². The standard InChI is InChI=1S/C46H32N4/c1-3-11-33(12-4-1)35-19-24-39(25-20-35)49(40-26-21-36(22-27-40)34-13-5-2-6-14-34)41-16-9-15-37(31-41)38-23-28-45-43(32-38)42-17-7-8-18-44(42)50(45)46-47-29-10-30-48-46/h1-32H. The number of fused-ring (bicyclic) bond motifs is 3. The average molecular weight is 641 g/mol. The molecule has 0 saturated heterocycles. The van der Waals surface area contributed by atoms with Crippen LogP contribution in [0, 0.1) is 0 Å². The molecule has 236 valence electrons. The van der Waals surface area contributed by atoms with Gasteiger partial charge in [-0.25, -0.2) is 9.97 Å². The van der Waals surface area contributed by atoms with E-state index in [2.05, 4.69) is 195 Å². The molecule has 0 unspecified atom stereocenters. The Labute approximate surface area is 291 Å². The van der Waals surface area contributed by atoms with Crippen molar-refractivity contribution in [1.82, 2.24) is 14.5 Å². The van der Waals surface area contributed by atoms with Crippen LogP contribution in [0.3, 0.4) is 0 Å². The Morgan fingerprint density at radius 1 is 0.340 bits per heavy atom. The maximum absolute atomic E-state index is 4.58. The van der Waals surface area contributed by atoms with Crippen LogP contribution in [-0.4, -0.2) is 14.5 Å². The van der Waals surface area contributed by atoms with E-state index >= 15 is 0 Å². The minimum Gasteiger partial charge on any atom is -0.310 e. The first-order valence-electron chi connectivity index (χ1n) is 16.8. The molecule has 0 aliphatic heterocycles. The summed E-state index contributed by atoms with van der Waals surface area (Å²) in [7, 11) is 0. The lowest BCUT2D eigenvalue weighted by Crippen LogP contribution is -2.10. The van der Waals surface area contributed by atoms with Gasteiger partial charge >= 0.3 is 0 Å². The molecule has 9 rings (SSSR count). The Kier molecular flexibility index (Phi) is 7.45. The topological polar surface area (TPSA) is 34.0 Å². The summed E-state index contributed by atoms with van der Waals surface area (Å²) >= 11 is 0. The van der Waals surface area contributed by atoms with Gasteiger partial charge in [-0.3, -0.25) is 4.57 Å². The summed E-state index contributed by atoms with van der Waals surface area (Å²) in [5.41, 5.74) is 12.5. The van der Waals surface area contributed by atoms with Crippen molar-refractivity contribution in [3.63, 3.8) is 0 Å². The Morgan fingerprint density at radius 2 is 0.840 bits per heavy atom. The first kappa shape index (κ1) is 29.4. The molecular formula is C46H32N4. The minimum absolute atomic E-state index is 0.667. The van der Waals surface area contributed by atoms with Crippen molar-refractivity contribution < 1.29 is 0 Å². The van der Waals surface area contributed by atoms with Gasteiger partial charge in [-0.2, -0.15) is 0 Å². The third kappa shape index (κ3) is 5.39. The number of hydrogen-bond donors (Lipinski definition) is 0. The summed E-state index contributed by atoms with van der Waals surface area (Å²) in [6.45, 7) is 0. The lowest BCUT2D eigenvalue weighted by atomic mass is 10.0. The van der Waals surface area contributed by atoms with Crippen molar-refractivity contribution >= 4 is 38.9 Å². The zero-order valence-corrected chi connectivity index (χ0v) is 27.3. The van der Waals surface area contributed by atoms with E-state index in [1.807, 2.05) is 6.07 Å². The quantitative estimate of drug-likeness (QED) is 0.174. The molecule has 2 aromatic heterocycles. The van der Waals surface area contributed by atoms with E-state index in [9.17, 15) is 0 Å². The smallest absolute Gasteiger partial charge is 0.234 e. The van der Waals surface area contributed by atoms with Crippen molar-refractivity contribution in [2.45, 2.75) is 0 Å². The molecule has 0 saturated carbocycles. The van der Waals surface area contributed by atoms with Crippen LogP contribution in [-0.2, 0) is 0 Å². The molecule has 0 atom stereocenters. The lowest BCUT2D eigenvalue weighted by Gasteiger charge is -2.26. The number of aromatic nitrogens is 3. The Hall–Kier alpha value is -6.78. The number of para-hydroxylation sites is 1. The van der Waals surface area contributed by atoms with Gasteiger partial charge in [-0.15, -0.1) is 0 Å². The van der Waals surface area contributed by atoms with E-state index in [1.165, 1.54) is 33.0 Å². The Balaban J connectivity index is 1.15. The van der Waals surface area contributed by atoms with E-state index in [4.69, 9.17) is 0 Å². The molecule has 0 N–H and O–H groups in total. The lowest BCUT2D eigenvalue weighted by molar-refractivity contribution is 0.988. The molecule has 50 heavy (non-hydrogen) atoms. The third-order valence-electron chi connectivity index (χ3n) is 9.33. The van der Waals surface area contributed by atoms with Gasteiger partial charge < -0.3 is 4.90 Å². The highest BCUT2D eigenvalue weighted by atomic mass is 15.2. The third-order valence-corrected chi connectivity index (χ3v) is 9.33. The second-order valence-electron chi connectivity index (χ2n) is 12.3. The zero-order valence-electron chi connectivity index (χ0n) is 27.3. The number of hydrogen-bond acceptors (Lipinski definition) is 3. The molecular weight excluding hydrogens is 609 g/mol. The number of rotatable bonds is 7. The van der Waals surface area contributed by atoms with Crippen LogP contribution in [0.15, 0.2) is 194 Å². The van der Waals surface area contributed by atoms with Gasteiger partial charge in [-0.05, 0) is 94.0 Å². The van der Waals surface area contributed by atoms with Crippen LogP contribution in [0.2, 0.25) is 0 Å². The van der Waals surface area contributed by atoms with Crippen LogP contribution in [0.1, 0.15) is 0 Å². The van der Waals surface area contributed by atoms with Crippen LogP contribution in [0.5, 0.6) is 0 Å². The fourth-order valence-corrected chi connectivity index (χ4v) is 6.91. The molecule has 0 radical (unpaired) electrons.